The molecule has 1 N–H and O–H groups in total. The number of pyridine rings is 1. The van der Waals surface area contributed by atoms with Gasteiger partial charge in [-0.15, -0.1) is 11.3 Å². The molecule has 0 unspecified atom stereocenters. The average molecular weight is 300 g/mol. The van der Waals surface area contributed by atoms with Gasteiger partial charge in [0.1, 0.15) is 26.1 Å². The highest BCUT2D eigenvalue weighted by Crippen LogP contribution is 2.23. The highest BCUT2D eigenvalue weighted by molar-refractivity contribution is 7.94. The fourth-order valence-electron chi connectivity index (χ4n) is 1.18. The van der Waals surface area contributed by atoms with Gasteiger partial charge in [-0.05, 0) is 24.3 Å². The summed E-state index contributed by atoms with van der Waals surface area (Å²) in [5.74, 6) is 0.134. The van der Waals surface area contributed by atoms with E-state index in [-0.39, 0.29) is 15.2 Å². The van der Waals surface area contributed by atoms with Crippen molar-refractivity contribution >= 4 is 38.8 Å². The second-order valence-electron chi connectivity index (χ2n) is 3.18. The van der Waals surface area contributed by atoms with Crippen LogP contribution in [-0.4, -0.2) is 13.4 Å². The SMILES string of the molecule is N#Cc1ccc(S(=O)(=O)Nc2cccc(Cl)n2)s1. The van der Waals surface area contributed by atoms with E-state index in [1.165, 1.54) is 24.3 Å². The zero-order chi connectivity index (χ0) is 13.2. The first-order valence-corrected chi connectivity index (χ1v) is 7.34. The molecule has 0 aromatic carbocycles. The molecular formula is C10H6ClN3O2S2. The lowest BCUT2D eigenvalue weighted by atomic mass is 10.5. The minimum atomic E-state index is -3.72. The van der Waals surface area contributed by atoms with Crippen molar-refractivity contribution in [1.82, 2.24) is 4.98 Å². The Bertz CT molecular complexity index is 719. The molecule has 18 heavy (non-hydrogen) atoms. The monoisotopic (exact) mass is 299 g/mol. The summed E-state index contributed by atoms with van der Waals surface area (Å²) in [5, 5.41) is 8.85. The van der Waals surface area contributed by atoms with Gasteiger partial charge in [-0.3, -0.25) is 4.72 Å². The van der Waals surface area contributed by atoms with Crippen molar-refractivity contribution in [2.45, 2.75) is 4.21 Å². The van der Waals surface area contributed by atoms with Gasteiger partial charge in [-0.2, -0.15) is 5.26 Å². The third-order valence-corrected chi connectivity index (χ3v) is 4.96. The summed E-state index contributed by atoms with van der Waals surface area (Å²) in [5.41, 5.74) is 0. The van der Waals surface area contributed by atoms with E-state index in [1.54, 1.807) is 6.07 Å². The van der Waals surface area contributed by atoms with Crippen molar-refractivity contribution in [3.05, 3.63) is 40.4 Å². The molecule has 5 nitrogen and oxygen atoms in total. The first-order chi connectivity index (χ1) is 8.51. The van der Waals surface area contributed by atoms with Crippen LogP contribution >= 0.6 is 22.9 Å². The van der Waals surface area contributed by atoms with E-state index in [9.17, 15) is 8.42 Å². The lowest BCUT2D eigenvalue weighted by Gasteiger charge is -2.04. The third kappa shape index (κ3) is 2.79. The zero-order valence-corrected chi connectivity index (χ0v) is 11.2. The summed E-state index contributed by atoms with van der Waals surface area (Å²) >= 11 is 6.55. The van der Waals surface area contributed by atoms with Crippen LogP contribution in [0.2, 0.25) is 5.15 Å². The number of nitrogens with zero attached hydrogens (tertiary/aromatic N) is 2. The Morgan fingerprint density at radius 1 is 1.33 bits per heavy atom. The quantitative estimate of drug-likeness (QED) is 0.883. The van der Waals surface area contributed by atoms with Crippen molar-refractivity contribution in [3.8, 4) is 6.07 Å². The van der Waals surface area contributed by atoms with Gasteiger partial charge in [0, 0.05) is 0 Å². The zero-order valence-electron chi connectivity index (χ0n) is 8.79. The second kappa shape index (κ2) is 4.94. The van der Waals surface area contributed by atoms with Crippen LogP contribution in [0.4, 0.5) is 5.82 Å². The molecule has 0 amide bonds. The van der Waals surface area contributed by atoms with E-state index < -0.39 is 10.0 Å². The lowest BCUT2D eigenvalue weighted by molar-refractivity contribution is 0.603. The first-order valence-electron chi connectivity index (χ1n) is 4.66. The number of rotatable bonds is 3. The molecular weight excluding hydrogens is 294 g/mol. The first kappa shape index (κ1) is 12.8. The van der Waals surface area contributed by atoms with Crippen molar-refractivity contribution < 1.29 is 8.42 Å². The third-order valence-electron chi connectivity index (χ3n) is 1.91. The molecule has 2 aromatic rings. The summed E-state index contributed by atoms with van der Waals surface area (Å²) < 4.78 is 26.2. The van der Waals surface area contributed by atoms with Crippen molar-refractivity contribution in [2.24, 2.45) is 0 Å². The predicted octanol–water partition coefficient (Wildman–Crippen LogP) is 2.47. The molecule has 2 rings (SSSR count). The Balaban J connectivity index is 2.30. The van der Waals surface area contributed by atoms with Crippen molar-refractivity contribution in [1.29, 1.82) is 5.26 Å². The summed E-state index contributed by atoms with van der Waals surface area (Å²) in [7, 11) is -3.72. The van der Waals surface area contributed by atoms with Gasteiger partial charge in [0.05, 0.1) is 0 Å². The standard InChI is InChI=1S/C10H6ClN3O2S2/c11-8-2-1-3-9(13-8)14-18(15,16)10-5-4-7(6-12)17-10/h1-5H,(H,13,14). The average Bonchev–Trinajstić information content (AvgIpc) is 2.77. The minimum Gasteiger partial charge on any atom is -0.263 e. The van der Waals surface area contributed by atoms with Gasteiger partial charge in [0.2, 0.25) is 0 Å². The number of halogens is 1. The fourth-order valence-corrected chi connectivity index (χ4v) is 3.45. The van der Waals surface area contributed by atoms with Crippen LogP contribution in [0.3, 0.4) is 0 Å². The summed E-state index contributed by atoms with van der Waals surface area (Å²) in [4.78, 5) is 4.15. The molecule has 0 spiro atoms. The molecule has 0 fully saturated rings. The van der Waals surface area contributed by atoms with Crippen LogP contribution in [0, 0.1) is 11.3 Å². The Labute approximate surface area is 113 Å². The highest BCUT2D eigenvalue weighted by Gasteiger charge is 2.17. The Morgan fingerprint density at radius 2 is 2.11 bits per heavy atom. The molecule has 0 aliphatic rings. The molecule has 0 atom stereocenters. The number of sulfonamides is 1. The molecule has 0 saturated heterocycles. The summed E-state index contributed by atoms with van der Waals surface area (Å²) in [6.45, 7) is 0. The molecule has 92 valence electrons. The molecule has 0 radical (unpaired) electrons. The number of nitriles is 1. The van der Waals surface area contributed by atoms with E-state index in [0.29, 0.717) is 4.88 Å². The van der Waals surface area contributed by atoms with Crippen molar-refractivity contribution in [3.63, 3.8) is 0 Å². The van der Waals surface area contributed by atoms with Gasteiger partial charge in [0.25, 0.3) is 10.0 Å². The number of hydrogen-bond donors (Lipinski definition) is 1. The maximum atomic E-state index is 11.9. The maximum Gasteiger partial charge on any atom is 0.272 e. The minimum absolute atomic E-state index is 0.0563. The normalized spacial score (nSPS) is 10.9. The van der Waals surface area contributed by atoms with Crippen LogP contribution in [0.15, 0.2) is 34.5 Å². The molecule has 0 aliphatic heterocycles. The molecule has 2 aromatic heterocycles. The van der Waals surface area contributed by atoms with E-state index in [4.69, 9.17) is 16.9 Å². The smallest absolute Gasteiger partial charge is 0.263 e. The van der Waals surface area contributed by atoms with Gasteiger partial charge in [-0.1, -0.05) is 17.7 Å². The predicted molar refractivity (Wildman–Crippen MR) is 69.1 cm³/mol. The molecule has 0 aliphatic carbocycles. The number of anilines is 1. The highest BCUT2D eigenvalue weighted by atomic mass is 35.5. The molecule has 2 heterocycles. The van der Waals surface area contributed by atoms with Gasteiger partial charge in [-0.25, -0.2) is 13.4 Å². The van der Waals surface area contributed by atoms with Crippen LogP contribution in [-0.2, 0) is 10.0 Å². The van der Waals surface area contributed by atoms with Gasteiger partial charge in [0.15, 0.2) is 0 Å². The second-order valence-corrected chi connectivity index (χ2v) is 6.56. The molecule has 8 heteroatoms. The van der Waals surface area contributed by atoms with Crippen LogP contribution in [0.1, 0.15) is 4.88 Å². The van der Waals surface area contributed by atoms with Crippen LogP contribution < -0.4 is 4.72 Å². The number of hydrogen-bond acceptors (Lipinski definition) is 5. The van der Waals surface area contributed by atoms with E-state index in [0.717, 1.165) is 11.3 Å². The Morgan fingerprint density at radius 3 is 2.72 bits per heavy atom. The van der Waals surface area contributed by atoms with E-state index >= 15 is 0 Å². The van der Waals surface area contributed by atoms with Gasteiger partial charge < -0.3 is 0 Å². The summed E-state index contributed by atoms with van der Waals surface area (Å²) in [6.07, 6.45) is 0. The van der Waals surface area contributed by atoms with Gasteiger partial charge >= 0.3 is 0 Å². The lowest BCUT2D eigenvalue weighted by Crippen LogP contribution is -2.12. The molecule has 0 bridgehead atoms. The number of aromatic nitrogens is 1. The molecule has 0 saturated carbocycles. The Kier molecular flexibility index (Phi) is 3.52. The number of nitrogens with one attached hydrogen (secondary N) is 1. The Hall–Kier alpha value is -1.62. The van der Waals surface area contributed by atoms with Crippen LogP contribution in [0.25, 0.3) is 0 Å². The van der Waals surface area contributed by atoms with Crippen molar-refractivity contribution in [2.75, 3.05) is 4.72 Å². The maximum absolute atomic E-state index is 11.9. The topological polar surface area (TPSA) is 82.8 Å². The van der Waals surface area contributed by atoms with E-state index in [1.807, 2.05) is 6.07 Å². The van der Waals surface area contributed by atoms with E-state index in [2.05, 4.69) is 9.71 Å². The fraction of sp³-hybridized carbons (Fsp3) is 0. The largest absolute Gasteiger partial charge is 0.272 e. The summed E-state index contributed by atoms with van der Waals surface area (Å²) in [6, 6.07) is 9.32. The van der Waals surface area contributed by atoms with Crippen LogP contribution in [0.5, 0.6) is 0 Å². The number of thiophene rings is 1.